The van der Waals surface area contributed by atoms with Crippen LogP contribution < -0.4 is 10.6 Å². The van der Waals surface area contributed by atoms with E-state index in [1.54, 1.807) is 0 Å². The Labute approximate surface area is 129 Å². The molecule has 1 aliphatic heterocycles. The van der Waals surface area contributed by atoms with Gasteiger partial charge in [0, 0.05) is 15.6 Å². The van der Waals surface area contributed by atoms with Crippen molar-refractivity contribution in [1.82, 2.24) is 10.6 Å². The summed E-state index contributed by atoms with van der Waals surface area (Å²) >= 11 is 3.46. The molecule has 0 radical (unpaired) electrons. The predicted octanol–water partition coefficient (Wildman–Crippen LogP) is 3.05. The van der Waals surface area contributed by atoms with Crippen LogP contribution in [0.25, 0.3) is 0 Å². The number of benzene rings is 1. The first-order chi connectivity index (χ1) is 8.52. The lowest BCUT2D eigenvalue weighted by Crippen LogP contribution is -2.52. The average Bonchev–Trinajstić information content (AvgIpc) is 2.33. The van der Waals surface area contributed by atoms with Crippen molar-refractivity contribution in [1.29, 1.82) is 0 Å². The molecule has 0 saturated carbocycles. The Morgan fingerprint density at radius 3 is 2.63 bits per heavy atom. The number of carbonyl (C=O) groups is 1. The Hall–Kier alpha value is -0.580. The molecular weight excluding hydrogens is 328 g/mol. The Morgan fingerprint density at radius 1 is 1.37 bits per heavy atom. The first-order valence-electron chi connectivity index (χ1n) is 6.30. The van der Waals surface area contributed by atoms with Gasteiger partial charge in [0.05, 0.1) is 0 Å². The number of amides is 1. The zero-order valence-electron chi connectivity index (χ0n) is 11.3. The summed E-state index contributed by atoms with van der Waals surface area (Å²) in [5.41, 5.74) is 1.66. The number of rotatable bonds is 2. The molecule has 5 heteroatoms. The minimum Gasteiger partial charge on any atom is -0.347 e. The van der Waals surface area contributed by atoms with Gasteiger partial charge in [-0.15, -0.1) is 12.4 Å². The van der Waals surface area contributed by atoms with Crippen molar-refractivity contribution in [2.24, 2.45) is 0 Å². The molecule has 2 N–H and O–H groups in total. The van der Waals surface area contributed by atoms with Crippen LogP contribution in [0.5, 0.6) is 0 Å². The second-order valence-electron chi connectivity index (χ2n) is 5.18. The summed E-state index contributed by atoms with van der Waals surface area (Å²) in [6.07, 6.45) is 1.96. The van der Waals surface area contributed by atoms with Gasteiger partial charge in [0.25, 0.3) is 5.91 Å². The van der Waals surface area contributed by atoms with Crippen molar-refractivity contribution in [3.63, 3.8) is 0 Å². The van der Waals surface area contributed by atoms with Crippen molar-refractivity contribution < 1.29 is 4.79 Å². The number of piperidine rings is 1. The standard InChI is InChI=1S/C14H19BrN2O.ClH/c1-10-11(4-3-5-12(10)15)13(18)17-14(2)6-8-16-9-7-14;/h3-5,16H,6-9H2,1-2H3,(H,17,18);1H. The zero-order valence-corrected chi connectivity index (χ0v) is 13.7. The minimum atomic E-state index is -0.0862. The molecule has 0 spiro atoms. The van der Waals surface area contributed by atoms with Gasteiger partial charge in [0.2, 0.25) is 0 Å². The van der Waals surface area contributed by atoms with Crippen LogP contribution in [0.4, 0.5) is 0 Å². The number of halogens is 2. The van der Waals surface area contributed by atoms with Crippen LogP contribution in [0, 0.1) is 6.92 Å². The number of carbonyl (C=O) groups excluding carboxylic acids is 1. The molecule has 0 aromatic heterocycles. The molecule has 0 atom stereocenters. The Bertz CT molecular complexity index is 459. The smallest absolute Gasteiger partial charge is 0.252 e. The molecule has 1 aliphatic rings. The second-order valence-corrected chi connectivity index (χ2v) is 6.03. The molecule has 106 valence electrons. The molecule has 1 heterocycles. The van der Waals surface area contributed by atoms with E-state index in [2.05, 4.69) is 33.5 Å². The van der Waals surface area contributed by atoms with E-state index in [9.17, 15) is 4.79 Å². The van der Waals surface area contributed by atoms with E-state index in [1.165, 1.54) is 0 Å². The number of nitrogens with one attached hydrogen (secondary N) is 2. The van der Waals surface area contributed by atoms with E-state index >= 15 is 0 Å². The fourth-order valence-corrected chi connectivity index (χ4v) is 2.66. The van der Waals surface area contributed by atoms with Crippen LogP contribution in [0.15, 0.2) is 22.7 Å². The highest BCUT2D eigenvalue weighted by atomic mass is 79.9. The molecule has 2 rings (SSSR count). The van der Waals surface area contributed by atoms with E-state index < -0.39 is 0 Å². The van der Waals surface area contributed by atoms with Crippen molar-refractivity contribution in [3.8, 4) is 0 Å². The highest BCUT2D eigenvalue weighted by Crippen LogP contribution is 2.22. The van der Waals surface area contributed by atoms with E-state index in [-0.39, 0.29) is 23.9 Å². The van der Waals surface area contributed by atoms with Crippen molar-refractivity contribution >= 4 is 34.2 Å². The molecule has 0 unspecified atom stereocenters. The van der Waals surface area contributed by atoms with Crippen LogP contribution in [-0.4, -0.2) is 24.5 Å². The lowest BCUT2D eigenvalue weighted by Gasteiger charge is -2.35. The van der Waals surface area contributed by atoms with E-state index in [0.29, 0.717) is 0 Å². The van der Waals surface area contributed by atoms with Gasteiger partial charge in [0.1, 0.15) is 0 Å². The van der Waals surface area contributed by atoms with Crippen LogP contribution in [0.2, 0.25) is 0 Å². The summed E-state index contributed by atoms with van der Waals surface area (Å²) in [5, 5.41) is 6.49. The SMILES string of the molecule is Cc1c(Br)cccc1C(=O)NC1(C)CCNCC1.Cl. The summed E-state index contributed by atoms with van der Waals surface area (Å²) in [6, 6.07) is 5.73. The van der Waals surface area contributed by atoms with Gasteiger partial charge < -0.3 is 10.6 Å². The van der Waals surface area contributed by atoms with Gasteiger partial charge in [-0.3, -0.25) is 4.79 Å². The maximum atomic E-state index is 12.3. The average molecular weight is 348 g/mol. The highest BCUT2D eigenvalue weighted by molar-refractivity contribution is 9.10. The largest absolute Gasteiger partial charge is 0.347 e. The minimum absolute atomic E-state index is 0. The monoisotopic (exact) mass is 346 g/mol. The lowest BCUT2D eigenvalue weighted by atomic mass is 9.90. The van der Waals surface area contributed by atoms with Crippen LogP contribution in [0.1, 0.15) is 35.7 Å². The normalized spacial score (nSPS) is 17.4. The van der Waals surface area contributed by atoms with Crippen molar-refractivity contribution in [2.75, 3.05) is 13.1 Å². The van der Waals surface area contributed by atoms with Crippen LogP contribution in [0.3, 0.4) is 0 Å². The number of hydrogen-bond donors (Lipinski definition) is 2. The van der Waals surface area contributed by atoms with Gasteiger partial charge in [-0.1, -0.05) is 22.0 Å². The summed E-state index contributed by atoms with van der Waals surface area (Å²) in [5.74, 6) is 0.0261. The Balaban J connectivity index is 0.00000180. The van der Waals surface area contributed by atoms with E-state index in [4.69, 9.17) is 0 Å². The fraction of sp³-hybridized carbons (Fsp3) is 0.500. The zero-order chi connectivity index (χ0) is 13.2. The first-order valence-corrected chi connectivity index (χ1v) is 7.09. The molecule has 1 fully saturated rings. The van der Waals surface area contributed by atoms with Crippen molar-refractivity contribution in [3.05, 3.63) is 33.8 Å². The van der Waals surface area contributed by atoms with Crippen LogP contribution in [-0.2, 0) is 0 Å². The summed E-state index contributed by atoms with van der Waals surface area (Å²) < 4.78 is 0.977. The molecule has 1 aromatic carbocycles. The van der Waals surface area contributed by atoms with E-state index in [1.807, 2.05) is 25.1 Å². The predicted molar refractivity (Wildman–Crippen MR) is 84.1 cm³/mol. The molecule has 1 aromatic rings. The van der Waals surface area contributed by atoms with Gasteiger partial charge in [-0.2, -0.15) is 0 Å². The fourth-order valence-electron chi connectivity index (χ4n) is 2.30. The van der Waals surface area contributed by atoms with Gasteiger partial charge in [0.15, 0.2) is 0 Å². The first kappa shape index (κ1) is 16.5. The third-order valence-electron chi connectivity index (χ3n) is 3.63. The highest BCUT2D eigenvalue weighted by Gasteiger charge is 2.29. The molecule has 1 amide bonds. The topological polar surface area (TPSA) is 41.1 Å². The summed E-state index contributed by atoms with van der Waals surface area (Å²) in [7, 11) is 0. The van der Waals surface area contributed by atoms with Gasteiger partial charge in [-0.05, 0) is 57.5 Å². The third-order valence-corrected chi connectivity index (χ3v) is 4.49. The maximum Gasteiger partial charge on any atom is 0.252 e. The quantitative estimate of drug-likeness (QED) is 0.863. The molecule has 3 nitrogen and oxygen atoms in total. The Morgan fingerprint density at radius 2 is 2.00 bits per heavy atom. The van der Waals surface area contributed by atoms with Gasteiger partial charge >= 0.3 is 0 Å². The van der Waals surface area contributed by atoms with E-state index in [0.717, 1.165) is 41.5 Å². The molecule has 1 saturated heterocycles. The Kier molecular flexibility index (Phi) is 5.83. The summed E-state index contributed by atoms with van der Waals surface area (Å²) in [4.78, 5) is 12.3. The van der Waals surface area contributed by atoms with Gasteiger partial charge in [-0.25, -0.2) is 0 Å². The van der Waals surface area contributed by atoms with Crippen molar-refractivity contribution in [2.45, 2.75) is 32.2 Å². The third kappa shape index (κ3) is 3.94. The summed E-state index contributed by atoms with van der Waals surface area (Å²) in [6.45, 7) is 6.02. The lowest BCUT2D eigenvalue weighted by molar-refractivity contribution is 0.0887. The second kappa shape index (κ2) is 6.73. The maximum absolute atomic E-state index is 12.3. The molecule has 0 bridgehead atoms. The number of hydrogen-bond acceptors (Lipinski definition) is 2. The molecule has 0 aliphatic carbocycles. The molecular formula is C14H20BrClN2O. The van der Waals surface area contributed by atoms with Crippen LogP contribution >= 0.6 is 28.3 Å². The molecule has 19 heavy (non-hydrogen) atoms.